The number of aryl methyl sites for hydroxylation is 1. The molecule has 2 nitrogen and oxygen atoms in total. The van der Waals surface area contributed by atoms with Gasteiger partial charge in [0.05, 0.1) is 10.7 Å². The van der Waals surface area contributed by atoms with Crippen LogP contribution < -0.4 is 5.32 Å². The molecular weight excluding hydrogens is 285 g/mol. The molecule has 1 aromatic heterocycles. The fourth-order valence-corrected chi connectivity index (χ4v) is 2.51. The zero-order valence-corrected chi connectivity index (χ0v) is 11.7. The van der Waals surface area contributed by atoms with E-state index in [1.165, 1.54) is 18.2 Å². The summed E-state index contributed by atoms with van der Waals surface area (Å²) in [5.41, 5.74) is 1.51. The van der Waals surface area contributed by atoms with E-state index in [2.05, 4.69) is 5.32 Å². The Hall–Kier alpha value is -1.65. The first kappa shape index (κ1) is 13.8. The number of benzene rings is 1. The van der Waals surface area contributed by atoms with Crippen LogP contribution in [0.15, 0.2) is 35.7 Å². The van der Waals surface area contributed by atoms with Gasteiger partial charge in [-0.25, -0.2) is 4.39 Å². The van der Waals surface area contributed by atoms with Crippen LogP contribution in [0, 0.1) is 12.7 Å². The van der Waals surface area contributed by atoms with Gasteiger partial charge < -0.3 is 5.32 Å². The Balaban J connectivity index is 2.05. The summed E-state index contributed by atoms with van der Waals surface area (Å²) in [6.07, 6.45) is 3.17. The number of halogens is 2. The molecule has 0 atom stereocenters. The molecule has 5 heteroatoms. The van der Waals surface area contributed by atoms with E-state index in [1.54, 1.807) is 17.4 Å². The summed E-state index contributed by atoms with van der Waals surface area (Å²) >= 11 is 7.38. The molecule has 0 saturated heterocycles. The van der Waals surface area contributed by atoms with E-state index in [0.29, 0.717) is 5.69 Å². The molecule has 1 N–H and O–H groups in total. The summed E-state index contributed by atoms with van der Waals surface area (Å²) in [6, 6.07) is 5.82. The topological polar surface area (TPSA) is 29.1 Å². The molecule has 0 unspecified atom stereocenters. The summed E-state index contributed by atoms with van der Waals surface area (Å²) in [5, 5.41) is 4.74. The molecule has 1 heterocycles. The maximum atomic E-state index is 12.9. The minimum Gasteiger partial charge on any atom is -0.321 e. The third kappa shape index (κ3) is 3.66. The van der Waals surface area contributed by atoms with E-state index >= 15 is 0 Å². The Labute approximate surface area is 119 Å². The van der Waals surface area contributed by atoms with Crippen LogP contribution in [-0.4, -0.2) is 5.91 Å². The summed E-state index contributed by atoms with van der Waals surface area (Å²) in [5.74, 6) is -0.742. The van der Waals surface area contributed by atoms with E-state index in [4.69, 9.17) is 11.6 Å². The van der Waals surface area contributed by atoms with Crippen LogP contribution in [0.2, 0.25) is 5.02 Å². The van der Waals surface area contributed by atoms with E-state index in [1.807, 2.05) is 18.4 Å². The van der Waals surface area contributed by atoms with Gasteiger partial charge in [-0.05, 0) is 48.2 Å². The van der Waals surface area contributed by atoms with Crippen molar-refractivity contribution in [3.63, 3.8) is 0 Å². The molecular formula is C14H11ClFNOS. The second-order valence-corrected chi connectivity index (χ2v) is 5.27. The smallest absolute Gasteiger partial charge is 0.248 e. The first-order valence-electron chi connectivity index (χ1n) is 5.54. The highest BCUT2D eigenvalue weighted by molar-refractivity contribution is 7.11. The average Bonchev–Trinajstić information content (AvgIpc) is 2.76. The van der Waals surface area contributed by atoms with Crippen molar-refractivity contribution in [2.75, 3.05) is 5.32 Å². The van der Waals surface area contributed by atoms with Crippen molar-refractivity contribution in [1.29, 1.82) is 0 Å². The first-order valence-corrected chi connectivity index (χ1v) is 6.80. The second-order valence-electron chi connectivity index (χ2n) is 3.91. The molecule has 0 bridgehead atoms. The molecule has 0 aliphatic carbocycles. The number of hydrogen-bond acceptors (Lipinski definition) is 2. The highest BCUT2D eigenvalue weighted by Crippen LogP contribution is 2.22. The molecule has 98 valence electrons. The van der Waals surface area contributed by atoms with Crippen LogP contribution in [0.4, 0.5) is 10.1 Å². The van der Waals surface area contributed by atoms with Gasteiger partial charge in [-0.3, -0.25) is 4.79 Å². The molecule has 2 rings (SSSR count). The highest BCUT2D eigenvalue weighted by Gasteiger charge is 2.04. The number of thiophene rings is 1. The van der Waals surface area contributed by atoms with Gasteiger partial charge >= 0.3 is 0 Å². The number of carbonyl (C=O) groups is 1. The largest absolute Gasteiger partial charge is 0.321 e. The maximum Gasteiger partial charge on any atom is 0.248 e. The van der Waals surface area contributed by atoms with Crippen LogP contribution in [0.25, 0.3) is 6.08 Å². The molecule has 1 aromatic carbocycles. The molecule has 0 saturated carbocycles. The van der Waals surface area contributed by atoms with Crippen LogP contribution in [-0.2, 0) is 4.79 Å². The second kappa shape index (κ2) is 5.99. The van der Waals surface area contributed by atoms with E-state index in [-0.39, 0.29) is 10.9 Å². The third-order valence-corrected chi connectivity index (χ3v) is 3.77. The van der Waals surface area contributed by atoms with E-state index < -0.39 is 5.82 Å². The number of amides is 1. The minimum absolute atomic E-state index is 0.175. The Morgan fingerprint density at radius 1 is 1.42 bits per heavy atom. The lowest BCUT2D eigenvalue weighted by Crippen LogP contribution is -2.08. The van der Waals surface area contributed by atoms with Crippen molar-refractivity contribution in [3.05, 3.63) is 57.0 Å². The predicted molar refractivity (Wildman–Crippen MR) is 78.1 cm³/mol. The van der Waals surface area contributed by atoms with Crippen LogP contribution >= 0.6 is 22.9 Å². The normalized spacial score (nSPS) is 10.9. The molecule has 1 amide bonds. The van der Waals surface area contributed by atoms with E-state index in [0.717, 1.165) is 16.5 Å². The van der Waals surface area contributed by atoms with Crippen molar-refractivity contribution in [2.24, 2.45) is 0 Å². The van der Waals surface area contributed by atoms with Gasteiger partial charge in [0.15, 0.2) is 0 Å². The molecule has 0 aliphatic heterocycles. The number of carbonyl (C=O) groups excluding carboxylic acids is 1. The molecule has 0 spiro atoms. The van der Waals surface area contributed by atoms with Crippen LogP contribution in [0.1, 0.15) is 10.4 Å². The number of anilines is 1. The average molecular weight is 296 g/mol. The van der Waals surface area contributed by atoms with E-state index in [9.17, 15) is 9.18 Å². The molecule has 0 aliphatic rings. The summed E-state index contributed by atoms with van der Waals surface area (Å²) in [7, 11) is 0. The van der Waals surface area contributed by atoms with Crippen molar-refractivity contribution < 1.29 is 9.18 Å². The predicted octanol–water partition coefficient (Wildman–Crippen LogP) is 4.50. The lowest BCUT2D eigenvalue weighted by Gasteiger charge is -2.04. The molecule has 0 radical (unpaired) electrons. The SMILES string of the molecule is Cc1ccsc1/C=C/C(=O)Nc1ccc(F)cc1Cl. The lowest BCUT2D eigenvalue weighted by atomic mass is 10.2. The molecule has 19 heavy (non-hydrogen) atoms. The van der Waals surface area contributed by atoms with Gasteiger partial charge in [0, 0.05) is 11.0 Å². The maximum absolute atomic E-state index is 12.9. The van der Waals surface area contributed by atoms with Gasteiger partial charge in [0.2, 0.25) is 5.91 Å². The highest BCUT2D eigenvalue weighted by atomic mass is 35.5. The van der Waals surface area contributed by atoms with Gasteiger partial charge in [-0.1, -0.05) is 11.6 Å². The Kier molecular flexibility index (Phi) is 4.35. The van der Waals surface area contributed by atoms with Crippen molar-refractivity contribution in [2.45, 2.75) is 6.92 Å². The number of hydrogen-bond donors (Lipinski definition) is 1. The van der Waals surface area contributed by atoms with Gasteiger partial charge in [-0.15, -0.1) is 11.3 Å². The summed E-state index contributed by atoms with van der Waals surface area (Å²) in [6.45, 7) is 1.98. The Morgan fingerprint density at radius 3 is 2.84 bits per heavy atom. The third-order valence-electron chi connectivity index (χ3n) is 2.48. The van der Waals surface area contributed by atoms with Gasteiger partial charge in [0.25, 0.3) is 0 Å². The standard InChI is InChI=1S/C14H11ClFNOS/c1-9-6-7-19-13(9)4-5-14(18)17-12-3-2-10(16)8-11(12)15/h2-8H,1H3,(H,17,18)/b5-4+. The quantitative estimate of drug-likeness (QED) is 0.830. The Bertz CT molecular complexity index is 636. The fraction of sp³-hybridized carbons (Fsp3) is 0.0714. The zero-order valence-electron chi connectivity index (χ0n) is 10.1. The Morgan fingerprint density at radius 2 is 2.21 bits per heavy atom. The minimum atomic E-state index is -0.437. The molecule has 0 fully saturated rings. The monoisotopic (exact) mass is 295 g/mol. The van der Waals surface area contributed by atoms with Crippen molar-refractivity contribution in [1.82, 2.24) is 0 Å². The van der Waals surface area contributed by atoms with Crippen LogP contribution in [0.5, 0.6) is 0 Å². The van der Waals surface area contributed by atoms with Crippen LogP contribution in [0.3, 0.4) is 0 Å². The summed E-state index contributed by atoms with van der Waals surface area (Å²) < 4.78 is 12.9. The lowest BCUT2D eigenvalue weighted by molar-refractivity contribution is -0.111. The number of rotatable bonds is 3. The summed E-state index contributed by atoms with van der Waals surface area (Å²) in [4.78, 5) is 12.7. The zero-order chi connectivity index (χ0) is 13.8. The first-order chi connectivity index (χ1) is 9.06. The van der Waals surface area contributed by atoms with Crippen molar-refractivity contribution in [3.8, 4) is 0 Å². The fourth-order valence-electron chi connectivity index (χ4n) is 1.47. The van der Waals surface area contributed by atoms with Crippen molar-refractivity contribution >= 4 is 40.6 Å². The number of nitrogens with one attached hydrogen (secondary N) is 1. The van der Waals surface area contributed by atoms with Gasteiger partial charge in [-0.2, -0.15) is 0 Å². The van der Waals surface area contributed by atoms with Gasteiger partial charge in [0.1, 0.15) is 5.82 Å². The molecule has 2 aromatic rings.